The molecule has 2 aromatic carbocycles. The molecule has 0 bridgehead atoms. The fourth-order valence-corrected chi connectivity index (χ4v) is 4.53. The van der Waals surface area contributed by atoms with Crippen molar-refractivity contribution in [2.75, 3.05) is 26.3 Å². The summed E-state index contributed by atoms with van der Waals surface area (Å²) in [7, 11) is 0. The van der Waals surface area contributed by atoms with Gasteiger partial charge in [0, 0.05) is 30.8 Å². The number of rotatable bonds is 11. The molecule has 1 aromatic heterocycles. The van der Waals surface area contributed by atoms with Crippen molar-refractivity contribution in [2.24, 2.45) is 11.8 Å². The normalized spacial score (nSPS) is 13.1. The molecule has 194 valence electrons. The molecule has 0 unspecified atom stereocenters. The highest BCUT2D eigenvalue weighted by Gasteiger charge is 2.21. The van der Waals surface area contributed by atoms with Crippen LogP contribution in [-0.2, 0) is 6.54 Å². The number of fused-ring (bicyclic) bond motifs is 2. The van der Waals surface area contributed by atoms with Gasteiger partial charge in [-0.3, -0.25) is 4.79 Å². The van der Waals surface area contributed by atoms with Gasteiger partial charge < -0.3 is 18.9 Å². The van der Waals surface area contributed by atoms with Crippen molar-refractivity contribution < 1.29 is 14.3 Å². The van der Waals surface area contributed by atoms with Crippen LogP contribution in [0.15, 0.2) is 36.4 Å². The lowest BCUT2D eigenvalue weighted by Crippen LogP contribution is -2.34. The third-order valence-electron chi connectivity index (χ3n) is 6.77. The minimum Gasteiger partial charge on any atom is -0.486 e. The maximum absolute atomic E-state index is 13.6. The van der Waals surface area contributed by atoms with E-state index < -0.39 is 0 Å². The molecule has 6 heteroatoms. The zero-order chi connectivity index (χ0) is 25.7. The quantitative estimate of drug-likeness (QED) is 0.296. The van der Waals surface area contributed by atoms with Crippen LogP contribution < -0.4 is 9.47 Å². The smallest absolute Gasteiger partial charge is 0.253 e. The Morgan fingerprint density at radius 3 is 2.33 bits per heavy atom. The predicted molar refractivity (Wildman–Crippen MR) is 146 cm³/mol. The molecule has 1 amide bonds. The molecule has 0 spiro atoms. The van der Waals surface area contributed by atoms with Crippen LogP contribution in [0.2, 0.25) is 0 Å². The summed E-state index contributed by atoms with van der Waals surface area (Å²) in [5.41, 5.74) is 3.65. The highest BCUT2D eigenvalue weighted by Crippen LogP contribution is 2.35. The van der Waals surface area contributed by atoms with E-state index in [2.05, 4.69) is 39.2 Å². The number of amides is 1. The lowest BCUT2D eigenvalue weighted by molar-refractivity contribution is 0.0741. The Labute approximate surface area is 215 Å². The first-order valence-electron chi connectivity index (χ1n) is 13.6. The number of benzene rings is 2. The van der Waals surface area contributed by atoms with Crippen LogP contribution in [0.4, 0.5) is 0 Å². The molecule has 0 N–H and O–H groups in total. The van der Waals surface area contributed by atoms with E-state index in [9.17, 15) is 4.79 Å². The zero-order valence-electron chi connectivity index (χ0n) is 22.5. The molecule has 0 aliphatic carbocycles. The Hall–Kier alpha value is -3.02. The van der Waals surface area contributed by atoms with E-state index in [-0.39, 0.29) is 5.91 Å². The van der Waals surface area contributed by atoms with Gasteiger partial charge in [0.15, 0.2) is 11.5 Å². The van der Waals surface area contributed by atoms with E-state index in [1.54, 1.807) is 0 Å². The van der Waals surface area contributed by atoms with Gasteiger partial charge in [0.1, 0.15) is 19.0 Å². The van der Waals surface area contributed by atoms with Crippen LogP contribution in [-0.4, -0.2) is 46.7 Å². The summed E-state index contributed by atoms with van der Waals surface area (Å²) in [4.78, 5) is 20.7. The zero-order valence-corrected chi connectivity index (χ0v) is 22.5. The molecule has 2 heterocycles. The summed E-state index contributed by atoms with van der Waals surface area (Å²) >= 11 is 0. The summed E-state index contributed by atoms with van der Waals surface area (Å²) < 4.78 is 13.8. The third kappa shape index (κ3) is 6.03. The van der Waals surface area contributed by atoms with Crippen LogP contribution in [0.1, 0.15) is 70.7 Å². The number of nitrogens with zero attached hydrogens (tertiary/aromatic N) is 3. The van der Waals surface area contributed by atoms with Crippen molar-refractivity contribution >= 4 is 16.9 Å². The van der Waals surface area contributed by atoms with Crippen LogP contribution in [0, 0.1) is 11.8 Å². The van der Waals surface area contributed by atoms with Gasteiger partial charge in [-0.2, -0.15) is 0 Å². The third-order valence-corrected chi connectivity index (χ3v) is 6.77. The second kappa shape index (κ2) is 11.8. The highest BCUT2D eigenvalue weighted by atomic mass is 16.6. The number of carbonyl (C=O) groups excluding carboxylic acids is 1. The fraction of sp³-hybridized carbons (Fsp3) is 0.533. The summed E-state index contributed by atoms with van der Waals surface area (Å²) in [5, 5.41) is 0. The van der Waals surface area contributed by atoms with Crippen molar-refractivity contribution in [3.05, 3.63) is 42.0 Å². The largest absolute Gasteiger partial charge is 0.486 e. The number of unbranched alkanes of at least 4 members (excludes halogenated alkanes) is 1. The highest BCUT2D eigenvalue weighted by molar-refractivity contribution is 5.98. The first-order valence-corrected chi connectivity index (χ1v) is 13.6. The van der Waals surface area contributed by atoms with Crippen molar-refractivity contribution in [1.29, 1.82) is 0 Å². The van der Waals surface area contributed by atoms with Crippen LogP contribution in [0.25, 0.3) is 22.4 Å². The van der Waals surface area contributed by atoms with Gasteiger partial charge >= 0.3 is 0 Å². The van der Waals surface area contributed by atoms with Crippen LogP contribution in [0.3, 0.4) is 0 Å². The van der Waals surface area contributed by atoms with Gasteiger partial charge in [0.25, 0.3) is 5.91 Å². The molecule has 0 fully saturated rings. The Bertz CT molecular complexity index is 1170. The van der Waals surface area contributed by atoms with Gasteiger partial charge in [-0.25, -0.2) is 4.98 Å². The molecule has 0 radical (unpaired) electrons. The van der Waals surface area contributed by atoms with Crippen molar-refractivity contribution in [3.8, 4) is 22.9 Å². The monoisotopic (exact) mass is 491 g/mol. The summed E-state index contributed by atoms with van der Waals surface area (Å²) in [6.45, 7) is 14.6. The fourth-order valence-electron chi connectivity index (χ4n) is 4.53. The van der Waals surface area contributed by atoms with E-state index >= 15 is 0 Å². The maximum atomic E-state index is 13.6. The average Bonchev–Trinajstić information content (AvgIpc) is 3.24. The number of aromatic nitrogens is 2. The Balaban J connectivity index is 1.70. The van der Waals surface area contributed by atoms with Gasteiger partial charge in [-0.05, 0) is 67.5 Å². The van der Waals surface area contributed by atoms with Crippen molar-refractivity contribution in [1.82, 2.24) is 14.5 Å². The molecule has 6 nitrogen and oxygen atoms in total. The predicted octanol–water partition coefficient (Wildman–Crippen LogP) is 6.81. The molecular formula is C30H41N3O3. The maximum Gasteiger partial charge on any atom is 0.253 e. The van der Waals surface area contributed by atoms with E-state index in [4.69, 9.17) is 14.5 Å². The van der Waals surface area contributed by atoms with E-state index in [1.807, 2.05) is 41.3 Å². The number of aryl methyl sites for hydroxylation is 1. The van der Waals surface area contributed by atoms with Crippen molar-refractivity contribution in [2.45, 2.75) is 66.8 Å². The number of ether oxygens (including phenoxy) is 2. The minimum atomic E-state index is 0.113. The van der Waals surface area contributed by atoms with Crippen molar-refractivity contribution in [3.63, 3.8) is 0 Å². The van der Waals surface area contributed by atoms with Gasteiger partial charge in [-0.1, -0.05) is 41.0 Å². The van der Waals surface area contributed by atoms with Gasteiger partial charge in [-0.15, -0.1) is 0 Å². The first-order chi connectivity index (χ1) is 17.4. The lowest BCUT2D eigenvalue weighted by Gasteiger charge is -2.24. The topological polar surface area (TPSA) is 56.6 Å². The van der Waals surface area contributed by atoms with E-state index in [1.165, 1.54) is 0 Å². The Kier molecular flexibility index (Phi) is 8.55. The Morgan fingerprint density at radius 1 is 0.972 bits per heavy atom. The minimum absolute atomic E-state index is 0.113. The van der Waals surface area contributed by atoms with Gasteiger partial charge in [0.05, 0.1) is 11.0 Å². The van der Waals surface area contributed by atoms with Crippen LogP contribution in [0.5, 0.6) is 11.5 Å². The number of imidazole rings is 1. The van der Waals surface area contributed by atoms with E-state index in [0.717, 1.165) is 84.8 Å². The molecule has 0 saturated carbocycles. The SMILES string of the molecule is CCCCn1c(-c2ccc3c(c2)OCCO3)nc2ccc(C(=O)N(CCC(C)C)CCC(C)C)cc21. The molecule has 36 heavy (non-hydrogen) atoms. The molecular weight excluding hydrogens is 450 g/mol. The molecule has 0 atom stereocenters. The molecule has 0 saturated heterocycles. The first kappa shape index (κ1) is 26.1. The molecule has 1 aliphatic rings. The molecule has 4 rings (SSSR count). The van der Waals surface area contributed by atoms with Crippen LogP contribution >= 0.6 is 0 Å². The van der Waals surface area contributed by atoms with E-state index in [0.29, 0.717) is 25.0 Å². The number of hydrogen-bond donors (Lipinski definition) is 0. The van der Waals surface area contributed by atoms with Gasteiger partial charge in [0.2, 0.25) is 0 Å². The molecule has 1 aliphatic heterocycles. The summed E-state index contributed by atoms with van der Waals surface area (Å²) in [5.74, 6) is 3.67. The summed E-state index contributed by atoms with van der Waals surface area (Å²) in [6.07, 6.45) is 4.14. The Morgan fingerprint density at radius 2 is 1.67 bits per heavy atom. The average molecular weight is 492 g/mol. The summed E-state index contributed by atoms with van der Waals surface area (Å²) in [6, 6.07) is 12.0. The lowest BCUT2D eigenvalue weighted by atomic mass is 10.1. The molecule has 3 aromatic rings. The number of carbonyl (C=O) groups is 1. The number of hydrogen-bond acceptors (Lipinski definition) is 4. The second-order valence-corrected chi connectivity index (χ2v) is 10.7. The second-order valence-electron chi connectivity index (χ2n) is 10.7. The standard InChI is InChI=1S/C30H41N3O3/c1-6-7-14-33-26-19-24(30(34)32(15-12-21(2)3)16-13-22(4)5)8-10-25(26)31-29(33)23-9-11-27-28(20-23)36-18-17-35-27/h8-11,19-22H,6-7,12-18H2,1-5H3.